The van der Waals surface area contributed by atoms with Crippen LogP contribution in [0.1, 0.15) is 27.0 Å². The van der Waals surface area contributed by atoms with Crippen LogP contribution in [0.15, 0.2) is 30.3 Å². The molecule has 0 saturated carbocycles. The van der Waals surface area contributed by atoms with Crippen molar-refractivity contribution in [1.29, 1.82) is 0 Å². The van der Waals surface area contributed by atoms with Crippen LogP contribution in [0.2, 0.25) is 5.02 Å². The Morgan fingerprint density at radius 2 is 1.75 bits per heavy atom. The Morgan fingerprint density at radius 1 is 1.05 bits per heavy atom. The van der Waals surface area contributed by atoms with Crippen molar-refractivity contribution < 1.29 is 9.90 Å². The van der Waals surface area contributed by atoms with Crippen molar-refractivity contribution in [3.8, 4) is 5.75 Å². The van der Waals surface area contributed by atoms with Crippen LogP contribution in [0, 0.1) is 20.8 Å². The maximum absolute atomic E-state index is 12.2. The maximum atomic E-state index is 12.2. The first-order valence-corrected chi connectivity index (χ1v) is 6.64. The van der Waals surface area contributed by atoms with E-state index in [0.717, 1.165) is 11.1 Å². The van der Waals surface area contributed by atoms with Crippen LogP contribution in [0.4, 0.5) is 5.69 Å². The molecule has 2 aromatic carbocycles. The Bertz CT molecular complexity index is 680. The van der Waals surface area contributed by atoms with Gasteiger partial charge in [-0.25, -0.2) is 0 Å². The summed E-state index contributed by atoms with van der Waals surface area (Å²) in [7, 11) is 0. The minimum atomic E-state index is -0.222. The van der Waals surface area contributed by atoms with Crippen LogP contribution in [-0.4, -0.2) is 11.0 Å². The largest absolute Gasteiger partial charge is 0.508 e. The van der Waals surface area contributed by atoms with Gasteiger partial charge >= 0.3 is 0 Å². The van der Waals surface area contributed by atoms with Gasteiger partial charge in [0.15, 0.2) is 0 Å². The fraction of sp³-hybridized carbons (Fsp3) is 0.188. The quantitative estimate of drug-likeness (QED) is 0.813. The van der Waals surface area contributed by atoms with E-state index in [1.807, 2.05) is 19.9 Å². The van der Waals surface area contributed by atoms with Crippen molar-refractivity contribution in [2.24, 2.45) is 0 Å². The molecule has 0 aliphatic carbocycles. The number of benzene rings is 2. The monoisotopic (exact) mass is 289 g/mol. The van der Waals surface area contributed by atoms with Gasteiger partial charge < -0.3 is 10.4 Å². The Morgan fingerprint density at radius 3 is 2.40 bits per heavy atom. The zero-order valence-corrected chi connectivity index (χ0v) is 12.4. The summed E-state index contributed by atoms with van der Waals surface area (Å²) in [5.41, 5.74) is 3.64. The molecule has 0 saturated heterocycles. The Labute approximate surface area is 123 Å². The third kappa shape index (κ3) is 2.94. The lowest BCUT2D eigenvalue weighted by Gasteiger charge is -2.11. The summed E-state index contributed by atoms with van der Waals surface area (Å²) < 4.78 is 0. The molecule has 104 valence electrons. The normalized spacial score (nSPS) is 10.4. The summed E-state index contributed by atoms with van der Waals surface area (Å²) in [6.07, 6.45) is 0. The molecule has 0 bridgehead atoms. The zero-order chi connectivity index (χ0) is 14.9. The molecule has 20 heavy (non-hydrogen) atoms. The van der Waals surface area contributed by atoms with Gasteiger partial charge in [0, 0.05) is 16.3 Å². The molecule has 0 aromatic heterocycles. The van der Waals surface area contributed by atoms with E-state index < -0.39 is 0 Å². The Kier molecular flexibility index (Phi) is 4.00. The number of hydrogen-bond acceptors (Lipinski definition) is 2. The third-order valence-corrected chi connectivity index (χ3v) is 3.63. The van der Waals surface area contributed by atoms with E-state index in [-0.39, 0.29) is 11.7 Å². The standard InChI is InChI=1S/C16H16ClNO2/c1-9-4-5-12(8-13(9)17)16(20)18-14-6-11(3)15(19)7-10(14)2/h4-8,19H,1-3H3,(H,18,20). The average molecular weight is 290 g/mol. The van der Waals surface area contributed by atoms with E-state index in [4.69, 9.17) is 11.6 Å². The molecule has 4 heteroatoms. The number of phenols is 1. The second-order valence-electron chi connectivity index (χ2n) is 4.87. The lowest BCUT2D eigenvalue weighted by Crippen LogP contribution is -2.13. The van der Waals surface area contributed by atoms with Crippen molar-refractivity contribution in [2.45, 2.75) is 20.8 Å². The average Bonchev–Trinajstić information content (AvgIpc) is 2.39. The molecule has 0 spiro atoms. The SMILES string of the molecule is Cc1cc(NC(=O)c2ccc(C)c(Cl)c2)c(C)cc1O. The predicted octanol–water partition coefficient (Wildman–Crippen LogP) is 4.22. The van der Waals surface area contributed by atoms with E-state index in [1.165, 1.54) is 0 Å². The summed E-state index contributed by atoms with van der Waals surface area (Å²) >= 11 is 6.03. The first-order valence-electron chi connectivity index (χ1n) is 6.26. The number of carbonyl (C=O) groups is 1. The molecule has 2 aromatic rings. The highest BCUT2D eigenvalue weighted by Crippen LogP contribution is 2.25. The number of aryl methyl sites for hydroxylation is 3. The summed E-state index contributed by atoms with van der Waals surface area (Å²) in [5.74, 6) is -0.000955. The highest BCUT2D eigenvalue weighted by molar-refractivity contribution is 6.31. The molecule has 3 nitrogen and oxygen atoms in total. The van der Waals surface area contributed by atoms with Gasteiger partial charge in [0.25, 0.3) is 5.91 Å². The topological polar surface area (TPSA) is 49.3 Å². The highest BCUT2D eigenvalue weighted by atomic mass is 35.5. The minimum absolute atomic E-state index is 0.221. The Hall–Kier alpha value is -2.00. The molecule has 0 atom stereocenters. The van der Waals surface area contributed by atoms with Gasteiger partial charge in [-0.2, -0.15) is 0 Å². The first kappa shape index (κ1) is 14.4. The number of halogens is 1. The van der Waals surface area contributed by atoms with Crippen LogP contribution in [0.25, 0.3) is 0 Å². The highest BCUT2D eigenvalue weighted by Gasteiger charge is 2.10. The third-order valence-electron chi connectivity index (χ3n) is 3.23. The molecule has 0 aliphatic heterocycles. The van der Waals surface area contributed by atoms with Gasteiger partial charge in [-0.15, -0.1) is 0 Å². The summed E-state index contributed by atoms with van der Waals surface area (Å²) in [6, 6.07) is 8.57. The molecule has 2 N–H and O–H groups in total. The molecular formula is C16H16ClNO2. The van der Waals surface area contributed by atoms with Gasteiger partial charge in [-0.3, -0.25) is 4.79 Å². The van der Waals surface area contributed by atoms with Gasteiger partial charge in [0.2, 0.25) is 0 Å². The van der Waals surface area contributed by atoms with Crippen molar-refractivity contribution in [3.63, 3.8) is 0 Å². The van der Waals surface area contributed by atoms with Crippen molar-refractivity contribution in [2.75, 3.05) is 5.32 Å². The maximum Gasteiger partial charge on any atom is 0.255 e. The molecular weight excluding hydrogens is 274 g/mol. The van der Waals surface area contributed by atoms with Crippen LogP contribution < -0.4 is 5.32 Å². The number of carbonyl (C=O) groups excluding carboxylic acids is 1. The summed E-state index contributed by atoms with van der Waals surface area (Å²) in [6.45, 7) is 5.50. The van der Waals surface area contributed by atoms with E-state index in [0.29, 0.717) is 21.8 Å². The first-order chi connectivity index (χ1) is 9.38. The van der Waals surface area contributed by atoms with Gasteiger partial charge in [0.1, 0.15) is 5.75 Å². The fourth-order valence-corrected chi connectivity index (χ4v) is 2.04. The van der Waals surface area contributed by atoms with Crippen LogP contribution in [-0.2, 0) is 0 Å². The number of aromatic hydroxyl groups is 1. The number of anilines is 1. The van der Waals surface area contributed by atoms with Crippen LogP contribution in [0.5, 0.6) is 5.75 Å². The van der Waals surface area contributed by atoms with E-state index in [1.54, 1.807) is 31.2 Å². The number of rotatable bonds is 2. The van der Waals surface area contributed by atoms with Crippen molar-refractivity contribution in [1.82, 2.24) is 0 Å². The minimum Gasteiger partial charge on any atom is -0.508 e. The smallest absolute Gasteiger partial charge is 0.255 e. The predicted molar refractivity (Wildman–Crippen MR) is 81.7 cm³/mol. The number of amides is 1. The van der Waals surface area contributed by atoms with Gasteiger partial charge in [-0.05, 0) is 61.7 Å². The second-order valence-corrected chi connectivity index (χ2v) is 5.28. The second kappa shape index (κ2) is 5.55. The molecule has 0 unspecified atom stereocenters. The van der Waals surface area contributed by atoms with Gasteiger partial charge in [-0.1, -0.05) is 17.7 Å². The molecule has 0 radical (unpaired) electrons. The number of nitrogens with one attached hydrogen (secondary N) is 1. The zero-order valence-electron chi connectivity index (χ0n) is 11.6. The van der Waals surface area contributed by atoms with E-state index >= 15 is 0 Å². The molecule has 0 heterocycles. The van der Waals surface area contributed by atoms with Crippen LogP contribution in [0.3, 0.4) is 0 Å². The number of hydrogen-bond donors (Lipinski definition) is 2. The van der Waals surface area contributed by atoms with E-state index in [9.17, 15) is 9.90 Å². The molecule has 2 rings (SSSR count). The van der Waals surface area contributed by atoms with Crippen molar-refractivity contribution >= 4 is 23.2 Å². The fourth-order valence-electron chi connectivity index (χ4n) is 1.86. The number of phenolic OH excluding ortho intramolecular Hbond substituents is 1. The van der Waals surface area contributed by atoms with Crippen molar-refractivity contribution in [3.05, 3.63) is 57.6 Å². The Balaban J connectivity index is 2.27. The van der Waals surface area contributed by atoms with Crippen LogP contribution >= 0.6 is 11.6 Å². The summed E-state index contributed by atoms with van der Waals surface area (Å²) in [5, 5.41) is 13.0. The van der Waals surface area contributed by atoms with Gasteiger partial charge in [0.05, 0.1) is 0 Å². The summed E-state index contributed by atoms with van der Waals surface area (Å²) in [4.78, 5) is 12.2. The lowest BCUT2D eigenvalue weighted by molar-refractivity contribution is 0.102. The van der Waals surface area contributed by atoms with E-state index in [2.05, 4.69) is 5.32 Å². The molecule has 1 amide bonds. The lowest BCUT2D eigenvalue weighted by atomic mass is 10.1. The molecule has 0 fully saturated rings. The molecule has 0 aliphatic rings.